The molecule has 0 bridgehead atoms. The number of aryl methyl sites for hydroxylation is 1. The van der Waals surface area contributed by atoms with Gasteiger partial charge in [0.1, 0.15) is 0 Å². The Hall–Kier alpha value is -4.31. The maximum absolute atomic E-state index is 14.0. The summed E-state index contributed by atoms with van der Waals surface area (Å²) in [6.07, 6.45) is 5.39. The highest BCUT2D eigenvalue weighted by atomic mass is 16.5. The Morgan fingerprint density at radius 1 is 1.03 bits per heavy atom. The van der Waals surface area contributed by atoms with E-state index in [0.29, 0.717) is 25.5 Å². The number of hydrogen-bond donors (Lipinski definition) is 1. The smallest absolute Gasteiger partial charge is 0.381 e. The monoisotopic (exact) mass is 512 g/mol. The molecule has 6 rings (SSSR count). The van der Waals surface area contributed by atoms with E-state index in [-0.39, 0.29) is 11.6 Å². The molecule has 0 spiro atoms. The average molecular weight is 513 g/mol. The molecule has 0 saturated carbocycles. The lowest BCUT2D eigenvalue weighted by Crippen LogP contribution is -2.34. The Kier molecular flexibility index (Phi) is 6.47. The Balaban J connectivity index is 1.39. The lowest BCUT2D eigenvalue weighted by atomic mass is 9.96. The van der Waals surface area contributed by atoms with Crippen molar-refractivity contribution in [3.8, 4) is 22.5 Å². The fourth-order valence-electron chi connectivity index (χ4n) is 5.35. The summed E-state index contributed by atoms with van der Waals surface area (Å²) < 4.78 is 14.0. The Morgan fingerprint density at radius 3 is 2.50 bits per heavy atom. The number of H-pyrrole nitrogens is 1. The molecular formula is C28H28N6O4. The lowest BCUT2D eigenvalue weighted by Gasteiger charge is -2.26. The van der Waals surface area contributed by atoms with Crippen molar-refractivity contribution in [3.63, 3.8) is 0 Å². The first-order valence-corrected chi connectivity index (χ1v) is 12.9. The summed E-state index contributed by atoms with van der Waals surface area (Å²) in [5, 5.41) is 12.4. The summed E-state index contributed by atoms with van der Waals surface area (Å²) in [5.74, 6) is -0.211. The molecular weight excluding hydrogens is 484 g/mol. The number of fused-ring (bicyclic) bond motifs is 1. The fraction of sp³-hybridized carbons (Fsp3) is 0.321. The van der Waals surface area contributed by atoms with Crippen molar-refractivity contribution in [1.29, 1.82) is 0 Å². The van der Waals surface area contributed by atoms with Crippen molar-refractivity contribution in [2.45, 2.75) is 45.1 Å². The summed E-state index contributed by atoms with van der Waals surface area (Å²) in [6.45, 7) is 3.38. The molecule has 0 unspecified atom stereocenters. The highest BCUT2D eigenvalue weighted by molar-refractivity contribution is 5.80. The standard InChI is InChI=1S/C28H28N6O4/c1-2-5-24-23(27(35)33(20-12-14-37-15-13-20)25-17-29-32-34(24)25)16-18-8-10-19(11-9-18)21-6-3-4-7-22(21)26-30-28(36)38-31-26/h3-4,6-11,17,20H,2,5,12-16H2,1H3,(H,30,31,36). The minimum Gasteiger partial charge on any atom is -0.381 e. The largest absolute Gasteiger partial charge is 0.439 e. The van der Waals surface area contributed by atoms with Crippen molar-refractivity contribution in [3.05, 3.63) is 92.5 Å². The highest BCUT2D eigenvalue weighted by Crippen LogP contribution is 2.30. The second-order valence-electron chi connectivity index (χ2n) is 9.56. The van der Waals surface area contributed by atoms with Crippen LogP contribution in [-0.4, -0.2) is 42.7 Å². The third-order valence-electron chi connectivity index (χ3n) is 7.17. The summed E-state index contributed by atoms with van der Waals surface area (Å²) in [7, 11) is 0. The third kappa shape index (κ3) is 4.37. The van der Waals surface area contributed by atoms with Gasteiger partial charge in [-0.15, -0.1) is 5.10 Å². The molecule has 0 atom stereocenters. The molecule has 1 fully saturated rings. The van der Waals surface area contributed by atoms with Crippen LogP contribution in [0.2, 0.25) is 0 Å². The van der Waals surface area contributed by atoms with Crippen molar-refractivity contribution in [2.75, 3.05) is 13.2 Å². The predicted molar refractivity (Wildman–Crippen MR) is 141 cm³/mol. The van der Waals surface area contributed by atoms with Crippen LogP contribution in [-0.2, 0) is 17.6 Å². The van der Waals surface area contributed by atoms with E-state index in [2.05, 4.69) is 27.4 Å². The molecule has 2 aromatic carbocycles. The van der Waals surface area contributed by atoms with Crippen LogP contribution in [0.1, 0.15) is 49.0 Å². The predicted octanol–water partition coefficient (Wildman–Crippen LogP) is 3.80. The van der Waals surface area contributed by atoms with E-state index in [1.807, 2.05) is 57.6 Å². The van der Waals surface area contributed by atoms with Crippen LogP contribution in [0.15, 0.2) is 68.8 Å². The van der Waals surface area contributed by atoms with E-state index in [9.17, 15) is 9.59 Å². The van der Waals surface area contributed by atoms with Gasteiger partial charge >= 0.3 is 5.76 Å². The first-order chi connectivity index (χ1) is 18.6. The maximum atomic E-state index is 14.0. The van der Waals surface area contributed by atoms with E-state index >= 15 is 0 Å². The minimum absolute atomic E-state index is 0.0274. The van der Waals surface area contributed by atoms with Crippen LogP contribution in [0.5, 0.6) is 0 Å². The molecule has 38 heavy (non-hydrogen) atoms. The second-order valence-corrected chi connectivity index (χ2v) is 9.56. The van der Waals surface area contributed by atoms with Gasteiger partial charge in [-0.2, -0.15) is 0 Å². The average Bonchev–Trinajstić information content (AvgIpc) is 3.61. The molecule has 3 aromatic heterocycles. The zero-order valence-electron chi connectivity index (χ0n) is 21.1. The van der Waals surface area contributed by atoms with Gasteiger partial charge < -0.3 is 4.74 Å². The minimum atomic E-state index is -0.594. The van der Waals surface area contributed by atoms with Crippen molar-refractivity contribution < 1.29 is 9.26 Å². The van der Waals surface area contributed by atoms with E-state index in [0.717, 1.165) is 64.8 Å². The van der Waals surface area contributed by atoms with Crippen LogP contribution < -0.4 is 11.3 Å². The Bertz CT molecular complexity index is 1690. The van der Waals surface area contributed by atoms with Gasteiger partial charge in [0.15, 0.2) is 11.5 Å². The number of nitrogens with zero attached hydrogens (tertiary/aromatic N) is 5. The van der Waals surface area contributed by atoms with Gasteiger partial charge in [-0.1, -0.05) is 72.2 Å². The van der Waals surface area contributed by atoms with Crippen molar-refractivity contribution in [1.82, 2.24) is 29.5 Å². The molecule has 194 valence electrons. The summed E-state index contributed by atoms with van der Waals surface area (Å²) >= 11 is 0. The van der Waals surface area contributed by atoms with Crippen LogP contribution in [0.25, 0.3) is 28.2 Å². The Morgan fingerprint density at radius 2 is 1.79 bits per heavy atom. The SMILES string of the molecule is CCCc1c(Cc2ccc(-c3ccccc3-c3noc(=O)[nH]3)cc2)c(=O)n(C2CCOCC2)c2cnnn12. The summed E-state index contributed by atoms with van der Waals surface area (Å²) in [5.41, 5.74) is 6.12. The molecule has 0 radical (unpaired) electrons. The molecule has 5 aromatic rings. The topological polar surface area (TPSA) is 120 Å². The zero-order chi connectivity index (χ0) is 26.1. The van der Waals surface area contributed by atoms with Crippen molar-refractivity contribution >= 4 is 5.65 Å². The van der Waals surface area contributed by atoms with Gasteiger partial charge in [0.05, 0.1) is 11.9 Å². The quantitative estimate of drug-likeness (QED) is 0.352. The molecule has 4 heterocycles. The Labute approximate surface area is 217 Å². The third-order valence-corrected chi connectivity index (χ3v) is 7.17. The summed E-state index contributed by atoms with van der Waals surface area (Å²) in [6, 6.07) is 15.9. The molecule has 1 aliphatic heterocycles. The molecule has 10 nitrogen and oxygen atoms in total. The number of aromatic amines is 1. The normalized spacial score (nSPS) is 14.3. The zero-order valence-corrected chi connectivity index (χ0v) is 21.1. The highest BCUT2D eigenvalue weighted by Gasteiger charge is 2.24. The van der Waals surface area contributed by atoms with Crippen LogP contribution >= 0.6 is 0 Å². The molecule has 10 heteroatoms. The molecule has 1 aliphatic rings. The van der Waals surface area contributed by atoms with Crippen LogP contribution in [0.4, 0.5) is 0 Å². The molecule has 0 amide bonds. The maximum Gasteiger partial charge on any atom is 0.439 e. The van der Waals surface area contributed by atoms with Gasteiger partial charge in [0.2, 0.25) is 0 Å². The molecule has 1 saturated heterocycles. The van der Waals surface area contributed by atoms with Crippen LogP contribution in [0.3, 0.4) is 0 Å². The lowest BCUT2D eigenvalue weighted by molar-refractivity contribution is 0.0694. The molecule has 0 aliphatic carbocycles. The number of aromatic nitrogens is 6. The van der Waals surface area contributed by atoms with E-state index in [1.165, 1.54) is 0 Å². The first-order valence-electron chi connectivity index (χ1n) is 12.9. The molecule has 1 N–H and O–H groups in total. The van der Waals surface area contributed by atoms with Gasteiger partial charge in [-0.05, 0) is 36.0 Å². The van der Waals surface area contributed by atoms with Crippen LogP contribution in [0, 0.1) is 0 Å². The number of benzene rings is 2. The van der Waals surface area contributed by atoms with E-state index in [4.69, 9.17) is 9.26 Å². The fourth-order valence-corrected chi connectivity index (χ4v) is 5.35. The van der Waals surface area contributed by atoms with Gasteiger partial charge in [0, 0.05) is 36.8 Å². The van der Waals surface area contributed by atoms with E-state index < -0.39 is 5.76 Å². The van der Waals surface area contributed by atoms with Gasteiger partial charge in [-0.3, -0.25) is 18.9 Å². The summed E-state index contributed by atoms with van der Waals surface area (Å²) in [4.78, 5) is 28.1. The van der Waals surface area contributed by atoms with Gasteiger partial charge in [0.25, 0.3) is 5.56 Å². The first kappa shape index (κ1) is 24.1. The second kappa shape index (κ2) is 10.2. The number of ether oxygens (including phenoxy) is 1. The number of rotatable bonds is 7. The number of hydrogen-bond acceptors (Lipinski definition) is 7. The number of nitrogens with one attached hydrogen (secondary N) is 1. The van der Waals surface area contributed by atoms with E-state index in [1.54, 1.807) is 6.20 Å². The van der Waals surface area contributed by atoms with Crippen molar-refractivity contribution in [2.24, 2.45) is 0 Å². The van der Waals surface area contributed by atoms with Gasteiger partial charge in [-0.25, -0.2) is 9.31 Å².